The summed E-state index contributed by atoms with van der Waals surface area (Å²) in [4.78, 5) is 0. The van der Waals surface area contributed by atoms with Crippen LogP contribution in [0.1, 0.15) is 44.1 Å². The monoisotopic (exact) mass is 275 g/mol. The molecule has 1 N–H and O–H groups in total. The van der Waals surface area contributed by atoms with Gasteiger partial charge >= 0.3 is 0 Å². The highest BCUT2D eigenvalue weighted by Gasteiger charge is 2.39. The van der Waals surface area contributed by atoms with Crippen LogP contribution >= 0.6 is 0 Å². The van der Waals surface area contributed by atoms with E-state index in [0.29, 0.717) is 6.61 Å². The van der Waals surface area contributed by atoms with Gasteiger partial charge in [0.2, 0.25) is 0 Å². The van der Waals surface area contributed by atoms with E-state index in [4.69, 9.17) is 9.47 Å². The molecule has 0 amide bonds. The van der Waals surface area contributed by atoms with Gasteiger partial charge < -0.3 is 14.8 Å². The quantitative estimate of drug-likeness (QED) is 0.790. The molecule has 110 valence electrons. The zero-order valence-corrected chi connectivity index (χ0v) is 12.4. The van der Waals surface area contributed by atoms with Crippen LogP contribution in [0.25, 0.3) is 0 Å². The van der Waals surface area contributed by atoms with Crippen LogP contribution in [-0.2, 0) is 11.3 Å². The van der Waals surface area contributed by atoms with Crippen molar-refractivity contribution in [1.82, 2.24) is 5.32 Å². The molecular weight excluding hydrogens is 250 g/mol. The molecule has 2 aliphatic rings. The molecule has 1 aromatic rings. The molecule has 0 bridgehead atoms. The molecule has 2 saturated carbocycles. The Hall–Kier alpha value is -1.06. The van der Waals surface area contributed by atoms with Crippen LogP contribution < -0.4 is 10.1 Å². The van der Waals surface area contributed by atoms with Crippen molar-refractivity contribution in [3.05, 3.63) is 29.8 Å². The zero-order chi connectivity index (χ0) is 13.8. The van der Waals surface area contributed by atoms with Crippen LogP contribution in [0.2, 0.25) is 0 Å². The normalized spacial score (nSPS) is 20.4. The summed E-state index contributed by atoms with van der Waals surface area (Å²) in [7, 11) is 1.73. The second kappa shape index (κ2) is 6.15. The Morgan fingerprint density at radius 1 is 1.30 bits per heavy atom. The molecule has 3 heteroatoms. The Morgan fingerprint density at radius 2 is 2.15 bits per heavy atom. The average Bonchev–Trinajstić information content (AvgIpc) is 3.21. The third-order valence-corrected chi connectivity index (χ3v) is 4.40. The highest BCUT2D eigenvalue weighted by molar-refractivity contribution is 5.29. The Morgan fingerprint density at radius 3 is 2.80 bits per heavy atom. The number of benzene rings is 1. The fourth-order valence-electron chi connectivity index (χ4n) is 2.88. The van der Waals surface area contributed by atoms with Crippen molar-refractivity contribution in [1.29, 1.82) is 0 Å². The molecule has 0 radical (unpaired) electrons. The van der Waals surface area contributed by atoms with Gasteiger partial charge in [-0.05, 0) is 62.8 Å². The van der Waals surface area contributed by atoms with Gasteiger partial charge in [0.25, 0.3) is 0 Å². The third-order valence-electron chi connectivity index (χ3n) is 4.40. The van der Waals surface area contributed by atoms with E-state index in [-0.39, 0.29) is 5.60 Å². The molecule has 0 aliphatic heterocycles. The maximum absolute atomic E-state index is 6.33. The second-order valence-corrected chi connectivity index (χ2v) is 6.20. The van der Waals surface area contributed by atoms with Gasteiger partial charge in [0.05, 0.1) is 6.61 Å². The van der Waals surface area contributed by atoms with Crippen molar-refractivity contribution < 1.29 is 9.47 Å². The van der Waals surface area contributed by atoms with Crippen molar-refractivity contribution in [3.63, 3.8) is 0 Å². The van der Waals surface area contributed by atoms with Crippen molar-refractivity contribution in [2.45, 2.75) is 56.8 Å². The Balaban J connectivity index is 1.56. The zero-order valence-electron chi connectivity index (χ0n) is 12.4. The molecular formula is C17H25NO2. The minimum absolute atomic E-state index is 0.0770. The lowest BCUT2D eigenvalue weighted by Gasteiger charge is -2.42. The molecule has 3 rings (SSSR count). The van der Waals surface area contributed by atoms with Crippen molar-refractivity contribution >= 4 is 0 Å². The van der Waals surface area contributed by atoms with E-state index < -0.39 is 0 Å². The lowest BCUT2D eigenvalue weighted by molar-refractivity contribution is -0.0144. The summed E-state index contributed by atoms with van der Waals surface area (Å²) in [6, 6.07) is 9.10. The molecule has 2 aliphatic carbocycles. The summed E-state index contributed by atoms with van der Waals surface area (Å²) < 4.78 is 11.5. The fraction of sp³-hybridized carbons (Fsp3) is 0.647. The van der Waals surface area contributed by atoms with Crippen LogP contribution in [0.4, 0.5) is 0 Å². The van der Waals surface area contributed by atoms with Gasteiger partial charge in [-0.15, -0.1) is 0 Å². The van der Waals surface area contributed by atoms with Crippen LogP contribution in [0.15, 0.2) is 24.3 Å². The standard InChI is InChI=1S/C17H25NO2/c1-19-13-14-4-2-5-16(12-14)20-17(8-3-9-17)10-11-18-15-6-7-15/h2,4-5,12,15,18H,3,6-11,13H2,1H3. The maximum atomic E-state index is 6.33. The highest BCUT2D eigenvalue weighted by Crippen LogP contribution is 2.39. The molecule has 0 atom stereocenters. The largest absolute Gasteiger partial charge is 0.487 e. The highest BCUT2D eigenvalue weighted by atomic mass is 16.5. The van der Waals surface area contributed by atoms with Crippen LogP contribution in [0.5, 0.6) is 5.75 Å². The third kappa shape index (κ3) is 3.53. The van der Waals surface area contributed by atoms with Gasteiger partial charge in [0.1, 0.15) is 11.4 Å². The van der Waals surface area contributed by atoms with Crippen LogP contribution in [0.3, 0.4) is 0 Å². The van der Waals surface area contributed by atoms with Gasteiger partial charge in [-0.3, -0.25) is 0 Å². The summed E-state index contributed by atoms with van der Waals surface area (Å²) in [5.41, 5.74) is 1.25. The topological polar surface area (TPSA) is 30.5 Å². The second-order valence-electron chi connectivity index (χ2n) is 6.20. The Labute approximate surface area is 121 Å². The van der Waals surface area contributed by atoms with Gasteiger partial charge in [0.15, 0.2) is 0 Å². The van der Waals surface area contributed by atoms with Gasteiger partial charge in [-0.25, -0.2) is 0 Å². The molecule has 0 unspecified atom stereocenters. The Kier molecular flexibility index (Phi) is 4.27. The first-order chi connectivity index (χ1) is 9.80. The lowest BCUT2D eigenvalue weighted by atomic mass is 9.77. The number of hydrogen-bond donors (Lipinski definition) is 1. The van der Waals surface area contributed by atoms with Gasteiger partial charge in [-0.2, -0.15) is 0 Å². The van der Waals surface area contributed by atoms with E-state index in [1.807, 2.05) is 0 Å². The molecule has 0 aromatic heterocycles. The minimum Gasteiger partial charge on any atom is -0.487 e. The molecule has 0 spiro atoms. The number of hydrogen-bond acceptors (Lipinski definition) is 3. The summed E-state index contributed by atoms with van der Waals surface area (Å²) in [6.45, 7) is 1.73. The maximum Gasteiger partial charge on any atom is 0.120 e. The van der Waals surface area contributed by atoms with Crippen LogP contribution in [-0.4, -0.2) is 25.3 Å². The van der Waals surface area contributed by atoms with Crippen molar-refractivity contribution in [2.24, 2.45) is 0 Å². The summed E-state index contributed by atoms with van der Waals surface area (Å²) in [5, 5.41) is 3.60. The first kappa shape index (κ1) is 13.9. The van der Waals surface area contributed by atoms with Crippen LogP contribution in [0, 0.1) is 0 Å². The number of ether oxygens (including phenoxy) is 2. The van der Waals surface area contributed by atoms with E-state index in [9.17, 15) is 0 Å². The predicted molar refractivity (Wildman–Crippen MR) is 80.0 cm³/mol. The molecule has 2 fully saturated rings. The number of nitrogens with one attached hydrogen (secondary N) is 1. The van der Waals surface area contributed by atoms with Gasteiger partial charge in [-0.1, -0.05) is 12.1 Å². The smallest absolute Gasteiger partial charge is 0.120 e. The SMILES string of the molecule is COCc1cccc(OC2(CCNC3CC3)CCC2)c1. The number of methoxy groups -OCH3 is 1. The molecule has 0 saturated heterocycles. The van der Waals surface area contributed by atoms with E-state index in [1.54, 1.807) is 7.11 Å². The van der Waals surface area contributed by atoms with Gasteiger partial charge in [0, 0.05) is 13.2 Å². The summed E-state index contributed by atoms with van der Waals surface area (Å²) >= 11 is 0. The number of rotatable bonds is 8. The minimum atomic E-state index is 0.0770. The molecule has 20 heavy (non-hydrogen) atoms. The Bertz CT molecular complexity index is 438. The predicted octanol–water partition coefficient (Wildman–Crippen LogP) is 3.28. The summed E-state index contributed by atoms with van der Waals surface area (Å²) in [5.74, 6) is 0.991. The molecule has 3 nitrogen and oxygen atoms in total. The van der Waals surface area contributed by atoms with Crippen molar-refractivity contribution in [3.8, 4) is 5.75 Å². The van der Waals surface area contributed by atoms with E-state index >= 15 is 0 Å². The van der Waals surface area contributed by atoms with E-state index in [1.165, 1.54) is 37.7 Å². The summed E-state index contributed by atoms with van der Waals surface area (Å²) in [6.07, 6.45) is 7.50. The first-order valence-electron chi connectivity index (χ1n) is 7.80. The van der Waals surface area contributed by atoms with E-state index in [0.717, 1.165) is 24.8 Å². The lowest BCUT2D eigenvalue weighted by Crippen LogP contribution is -2.45. The molecule has 1 aromatic carbocycles. The first-order valence-corrected chi connectivity index (χ1v) is 7.80. The van der Waals surface area contributed by atoms with Crippen molar-refractivity contribution in [2.75, 3.05) is 13.7 Å². The average molecular weight is 275 g/mol. The molecule has 0 heterocycles. The van der Waals surface area contributed by atoms with E-state index in [2.05, 4.69) is 29.6 Å². The fourth-order valence-corrected chi connectivity index (χ4v) is 2.88.